The molecule has 0 aliphatic carbocycles. The number of benzene rings is 1. The van der Waals surface area contributed by atoms with Crippen LogP contribution in [0.3, 0.4) is 0 Å². The topological polar surface area (TPSA) is 59.3 Å². The molecule has 2 rings (SSSR count). The van der Waals surface area contributed by atoms with Gasteiger partial charge < -0.3 is 4.90 Å². The van der Waals surface area contributed by atoms with Crippen LogP contribution < -0.4 is 4.90 Å². The van der Waals surface area contributed by atoms with E-state index >= 15 is 0 Å². The average Bonchev–Trinajstić information content (AvgIpc) is 2.36. The monoisotopic (exact) mass is 257 g/mol. The largest absolute Gasteiger partial charge is 0.369 e. The second kappa shape index (κ2) is 5.06. The number of likely N-dealkylation sites (N-methyl/N-ethyl adjacent to an activating group) is 1. The molecular formula is C14H15N3O2. The molecule has 0 aliphatic rings. The Balaban J connectivity index is 2.61. The normalized spacial score (nSPS) is 10.4. The lowest BCUT2D eigenvalue weighted by Crippen LogP contribution is -2.19. The van der Waals surface area contributed by atoms with Crippen LogP contribution >= 0.6 is 0 Å². The fourth-order valence-electron chi connectivity index (χ4n) is 2.10. The second-order valence-electron chi connectivity index (χ2n) is 4.57. The first-order chi connectivity index (χ1) is 9.00. The molecule has 0 aliphatic heterocycles. The average molecular weight is 257 g/mol. The number of pyridine rings is 1. The first kappa shape index (κ1) is 13.0. The minimum atomic E-state index is -0.382. The van der Waals surface area contributed by atoms with Gasteiger partial charge in [-0.05, 0) is 25.1 Å². The van der Waals surface area contributed by atoms with Gasteiger partial charge in [0.15, 0.2) is 0 Å². The summed E-state index contributed by atoms with van der Waals surface area (Å²) in [4.78, 5) is 16.9. The molecule has 0 atom stereocenters. The van der Waals surface area contributed by atoms with E-state index in [9.17, 15) is 10.1 Å². The predicted molar refractivity (Wildman–Crippen MR) is 76.5 cm³/mol. The van der Waals surface area contributed by atoms with Crippen molar-refractivity contribution in [2.75, 3.05) is 18.5 Å². The summed E-state index contributed by atoms with van der Waals surface area (Å²) in [5, 5.41) is 11.6. The number of rotatable bonds is 4. The van der Waals surface area contributed by atoms with Crippen LogP contribution in [0.2, 0.25) is 0 Å². The van der Waals surface area contributed by atoms with Crippen LogP contribution in [0.25, 0.3) is 10.9 Å². The lowest BCUT2D eigenvalue weighted by molar-refractivity contribution is -0.383. The molecule has 0 saturated heterocycles. The molecule has 5 heteroatoms. The van der Waals surface area contributed by atoms with E-state index in [4.69, 9.17) is 0 Å². The number of aromatic nitrogens is 1. The van der Waals surface area contributed by atoms with Gasteiger partial charge in [0.25, 0.3) is 5.69 Å². The van der Waals surface area contributed by atoms with E-state index in [1.165, 1.54) is 6.07 Å². The highest BCUT2D eigenvalue weighted by Gasteiger charge is 2.16. The highest BCUT2D eigenvalue weighted by Crippen LogP contribution is 2.31. The van der Waals surface area contributed by atoms with Gasteiger partial charge in [-0.25, -0.2) is 0 Å². The summed E-state index contributed by atoms with van der Waals surface area (Å²) in [7, 11) is 1.92. The van der Waals surface area contributed by atoms with E-state index < -0.39 is 0 Å². The molecule has 5 nitrogen and oxygen atoms in total. The van der Waals surface area contributed by atoms with Gasteiger partial charge in [0.2, 0.25) is 0 Å². The Morgan fingerprint density at radius 1 is 1.47 bits per heavy atom. The Kier molecular flexibility index (Phi) is 3.46. The quantitative estimate of drug-likeness (QED) is 0.479. The van der Waals surface area contributed by atoms with Crippen molar-refractivity contribution in [3.8, 4) is 0 Å². The minimum absolute atomic E-state index is 0.0792. The van der Waals surface area contributed by atoms with Gasteiger partial charge in [-0.1, -0.05) is 12.2 Å². The molecule has 0 radical (unpaired) electrons. The molecule has 1 heterocycles. The van der Waals surface area contributed by atoms with Gasteiger partial charge >= 0.3 is 0 Å². The smallest absolute Gasteiger partial charge is 0.278 e. The van der Waals surface area contributed by atoms with E-state index in [0.717, 1.165) is 11.3 Å². The molecule has 0 saturated carbocycles. The number of hydrogen-bond acceptors (Lipinski definition) is 4. The van der Waals surface area contributed by atoms with Crippen molar-refractivity contribution in [2.24, 2.45) is 0 Å². The van der Waals surface area contributed by atoms with E-state index in [0.29, 0.717) is 17.4 Å². The number of anilines is 1. The van der Waals surface area contributed by atoms with Crippen molar-refractivity contribution in [1.29, 1.82) is 0 Å². The minimum Gasteiger partial charge on any atom is -0.369 e. The van der Waals surface area contributed by atoms with Crippen molar-refractivity contribution in [1.82, 2.24) is 4.98 Å². The molecule has 1 aromatic heterocycles. The fraction of sp³-hybridized carbons (Fsp3) is 0.214. The molecule has 0 unspecified atom stereocenters. The lowest BCUT2D eigenvalue weighted by atomic mass is 10.1. The third kappa shape index (κ3) is 2.54. The van der Waals surface area contributed by atoms with E-state index in [-0.39, 0.29) is 10.6 Å². The predicted octanol–water partition coefficient (Wildman–Crippen LogP) is 3.16. The van der Waals surface area contributed by atoms with Crippen molar-refractivity contribution in [2.45, 2.75) is 6.92 Å². The van der Waals surface area contributed by atoms with Crippen molar-refractivity contribution in [3.63, 3.8) is 0 Å². The number of hydrogen-bond donors (Lipinski definition) is 0. The molecular weight excluding hydrogens is 242 g/mol. The number of nitrogens with zero attached hydrogens (tertiary/aromatic N) is 3. The second-order valence-corrected chi connectivity index (χ2v) is 4.57. The summed E-state index contributed by atoms with van der Waals surface area (Å²) >= 11 is 0. The van der Waals surface area contributed by atoms with Gasteiger partial charge in [0.05, 0.1) is 16.0 Å². The lowest BCUT2D eigenvalue weighted by Gasteiger charge is -2.20. The van der Waals surface area contributed by atoms with Gasteiger partial charge in [-0.15, -0.1) is 0 Å². The molecule has 0 spiro atoms. The fourth-order valence-corrected chi connectivity index (χ4v) is 2.10. The maximum atomic E-state index is 11.0. The molecule has 98 valence electrons. The SMILES string of the molecule is C=C(C)CN(C)c1ccc([N+](=O)[O-])c2cccnc12. The Labute approximate surface area is 111 Å². The van der Waals surface area contributed by atoms with Gasteiger partial charge in [0, 0.05) is 25.9 Å². The summed E-state index contributed by atoms with van der Waals surface area (Å²) in [5.74, 6) is 0. The van der Waals surface area contributed by atoms with E-state index in [2.05, 4.69) is 11.6 Å². The van der Waals surface area contributed by atoms with Crippen LogP contribution in [-0.4, -0.2) is 23.5 Å². The number of nitro benzene ring substituents is 1. The zero-order chi connectivity index (χ0) is 14.0. The summed E-state index contributed by atoms with van der Waals surface area (Å²) in [6.45, 7) is 6.50. The van der Waals surface area contributed by atoms with Crippen molar-refractivity contribution in [3.05, 3.63) is 52.7 Å². The molecule has 0 amide bonds. The van der Waals surface area contributed by atoms with Crippen LogP contribution in [0.5, 0.6) is 0 Å². The third-order valence-electron chi connectivity index (χ3n) is 2.84. The van der Waals surface area contributed by atoms with Crippen LogP contribution in [0, 0.1) is 10.1 Å². The summed E-state index contributed by atoms with van der Waals surface area (Å²) in [5.41, 5.74) is 2.60. The highest BCUT2D eigenvalue weighted by molar-refractivity contribution is 5.97. The standard InChI is InChI=1S/C14H15N3O2/c1-10(2)9-16(3)13-7-6-12(17(18)19)11-5-4-8-15-14(11)13/h4-8H,1,9H2,2-3H3. The number of nitro groups is 1. The zero-order valence-electron chi connectivity index (χ0n) is 11.0. The van der Waals surface area contributed by atoms with Crippen LogP contribution in [-0.2, 0) is 0 Å². The van der Waals surface area contributed by atoms with Crippen molar-refractivity contribution < 1.29 is 4.92 Å². The van der Waals surface area contributed by atoms with Crippen LogP contribution in [0.4, 0.5) is 11.4 Å². The maximum Gasteiger partial charge on any atom is 0.278 e. The Morgan fingerprint density at radius 2 is 2.21 bits per heavy atom. The Morgan fingerprint density at radius 3 is 2.84 bits per heavy atom. The molecule has 2 aromatic rings. The third-order valence-corrected chi connectivity index (χ3v) is 2.84. The van der Waals surface area contributed by atoms with Gasteiger partial charge in [-0.2, -0.15) is 0 Å². The maximum absolute atomic E-state index is 11.0. The van der Waals surface area contributed by atoms with Crippen molar-refractivity contribution >= 4 is 22.3 Å². The summed E-state index contributed by atoms with van der Waals surface area (Å²) < 4.78 is 0. The first-order valence-electron chi connectivity index (χ1n) is 5.88. The van der Waals surface area contributed by atoms with E-state index in [1.54, 1.807) is 24.4 Å². The molecule has 0 bridgehead atoms. The Hall–Kier alpha value is -2.43. The van der Waals surface area contributed by atoms with Gasteiger partial charge in [-0.3, -0.25) is 15.1 Å². The molecule has 0 N–H and O–H groups in total. The number of non-ortho nitro benzene ring substituents is 1. The van der Waals surface area contributed by atoms with Crippen LogP contribution in [0.1, 0.15) is 6.92 Å². The Bertz CT molecular complexity index is 652. The summed E-state index contributed by atoms with van der Waals surface area (Å²) in [6.07, 6.45) is 1.64. The van der Waals surface area contributed by atoms with Crippen LogP contribution in [0.15, 0.2) is 42.6 Å². The van der Waals surface area contributed by atoms with E-state index in [1.807, 2.05) is 18.9 Å². The molecule has 19 heavy (non-hydrogen) atoms. The molecule has 1 aromatic carbocycles. The first-order valence-corrected chi connectivity index (χ1v) is 5.88. The zero-order valence-corrected chi connectivity index (χ0v) is 11.0. The highest BCUT2D eigenvalue weighted by atomic mass is 16.6. The number of fused-ring (bicyclic) bond motifs is 1. The summed E-state index contributed by atoms with van der Waals surface area (Å²) in [6, 6.07) is 6.68. The molecule has 0 fully saturated rings. The van der Waals surface area contributed by atoms with Gasteiger partial charge in [0.1, 0.15) is 5.52 Å².